The van der Waals surface area contributed by atoms with Crippen LogP contribution in [0.15, 0.2) is 18.2 Å². The van der Waals surface area contributed by atoms with Crippen molar-refractivity contribution >= 4 is 11.6 Å². The zero-order valence-electron chi connectivity index (χ0n) is 10.9. The lowest BCUT2D eigenvalue weighted by Crippen LogP contribution is -2.40. The van der Waals surface area contributed by atoms with E-state index in [1.807, 2.05) is 12.1 Å². The van der Waals surface area contributed by atoms with Crippen molar-refractivity contribution in [1.29, 1.82) is 0 Å². The summed E-state index contributed by atoms with van der Waals surface area (Å²) in [5.74, 6) is 1.42. The van der Waals surface area contributed by atoms with Gasteiger partial charge in [-0.1, -0.05) is 12.5 Å². The van der Waals surface area contributed by atoms with Crippen molar-refractivity contribution in [1.82, 2.24) is 9.88 Å². The molecule has 1 aliphatic carbocycles. The Morgan fingerprint density at radius 2 is 2.28 bits per heavy atom. The van der Waals surface area contributed by atoms with Crippen molar-refractivity contribution in [2.75, 3.05) is 19.5 Å². The lowest BCUT2D eigenvalue weighted by molar-refractivity contribution is 0.118. The quantitative estimate of drug-likeness (QED) is 0.711. The van der Waals surface area contributed by atoms with Crippen molar-refractivity contribution < 1.29 is 4.74 Å². The van der Waals surface area contributed by atoms with Gasteiger partial charge in [-0.15, -0.1) is 11.6 Å². The number of pyridine rings is 1. The maximum Gasteiger partial charge on any atom is 0.213 e. The average molecular weight is 269 g/mol. The van der Waals surface area contributed by atoms with E-state index in [0.717, 1.165) is 37.1 Å². The fourth-order valence-corrected chi connectivity index (χ4v) is 2.39. The van der Waals surface area contributed by atoms with Crippen LogP contribution < -0.4 is 4.74 Å². The number of aromatic nitrogens is 1. The molecule has 1 saturated carbocycles. The molecule has 0 amide bonds. The Morgan fingerprint density at radius 1 is 1.44 bits per heavy atom. The molecule has 0 aliphatic heterocycles. The lowest BCUT2D eigenvalue weighted by Gasteiger charge is -2.37. The van der Waals surface area contributed by atoms with Crippen LogP contribution in [0.5, 0.6) is 5.88 Å². The van der Waals surface area contributed by atoms with Crippen LogP contribution in [0.4, 0.5) is 0 Å². The summed E-state index contributed by atoms with van der Waals surface area (Å²) in [6.07, 6.45) is 5.02. The molecule has 0 spiro atoms. The number of nitrogens with zero attached hydrogens (tertiary/aromatic N) is 2. The predicted molar refractivity (Wildman–Crippen MR) is 74.2 cm³/mol. The monoisotopic (exact) mass is 268 g/mol. The molecule has 4 heteroatoms. The van der Waals surface area contributed by atoms with Gasteiger partial charge < -0.3 is 4.74 Å². The van der Waals surface area contributed by atoms with Gasteiger partial charge in [-0.2, -0.15) is 0 Å². The average Bonchev–Trinajstić information content (AvgIpc) is 2.34. The van der Waals surface area contributed by atoms with E-state index in [1.54, 1.807) is 7.11 Å². The standard InChI is InChI=1S/C14H21ClN2O/c1-18-14-8-2-5-12(16-14)11-17(10-4-9-15)13-6-3-7-13/h2,5,8,13H,3-4,6-7,9-11H2,1H3. The molecule has 1 heterocycles. The van der Waals surface area contributed by atoms with Crippen LogP contribution >= 0.6 is 11.6 Å². The second-order valence-electron chi connectivity index (χ2n) is 4.77. The molecule has 0 aromatic carbocycles. The van der Waals surface area contributed by atoms with Crippen LogP contribution in [0.2, 0.25) is 0 Å². The predicted octanol–water partition coefficient (Wildman–Crippen LogP) is 3.07. The molecule has 0 N–H and O–H groups in total. The van der Waals surface area contributed by atoms with E-state index in [-0.39, 0.29) is 0 Å². The molecular weight excluding hydrogens is 248 g/mol. The summed E-state index contributed by atoms with van der Waals surface area (Å²) in [6, 6.07) is 6.67. The van der Waals surface area contributed by atoms with Crippen molar-refractivity contribution in [2.45, 2.75) is 38.3 Å². The molecule has 1 aromatic heterocycles. The van der Waals surface area contributed by atoms with Crippen LogP contribution in [0.1, 0.15) is 31.4 Å². The third-order valence-electron chi connectivity index (χ3n) is 3.53. The molecule has 100 valence electrons. The molecule has 1 aliphatic rings. The Balaban J connectivity index is 1.97. The largest absolute Gasteiger partial charge is 0.481 e. The first-order valence-corrected chi connectivity index (χ1v) is 7.17. The van der Waals surface area contributed by atoms with E-state index >= 15 is 0 Å². The van der Waals surface area contributed by atoms with Gasteiger partial charge in [0.15, 0.2) is 0 Å². The molecule has 3 nitrogen and oxygen atoms in total. The molecule has 0 atom stereocenters. The minimum Gasteiger partial charge on any atom is -0.481 e. The number of ether oxygens (including phenoxy) is 1. The van der Waals surface area contributed by atoms with Crippen LogP contribution in [-0.2, 0) is 6.54 Å². The third-order valence-corrected chi connectivity index (χ3v) is 3.79. The van der Waals surface area contributed by atoms with Crippen molar-refractivity contribution in [3.05, 3.63) is 23.9 Å². The number of hydrogen-bond donors (Lipinski definition) is 0. The highest BCUT2D eigenvalue weighted by molar-refractivity contribution is 6.17. The zero-order chi connectivity index (χ0) is 12.8. The summed E-state index contributed by atoms with van der Waals surface area (Å²) in [7, 11) is 1.66. The molecule has 0 unspecified atom stereocenters. The number of rotatable bonds is 7. The molecule has 0 bridgehead atoms. The van der Waals surface area contributed by atoms with Gasteiger partial charge in [-0.25, -0.2) is 4.98 Å². The number of halogens is 1. The Bertz CT molecular complexity index is 369. The molecule has 1 aromatic rings. The van der Waals surface area contributed by atoms with E-state index in [0.29, 0.717) is 5.88 Å². The Hall–Kier alpha value is -0.800. The van der Waals surface area contributed by atoms with Crippen LogP contribution in [0, 0.1) is 0 Å². The summed E-state index contributed by atoms with van der Waals surface area (Å²) >= 11 is 5.80. The number of methoxy groups -OCH3 is 1. The zero-order valence-corrected chi connectivity index (χ0v) is 11.7. The number of hydrogen-bond acceptors (Lipinski definition) is 3. The van der Waals surface area contributed by atoms with Gasteiger partial charge in [-0.3, -0.25) is 4.90 Å². The van der Waals surface area contributed by atoms with Gasteiger partial charge in [0.25, 0.3) is 0 Å². The minimum atomic E-state index is 0.693. The highest BCUT2D eigenvalue weighted by Crippen LogP contribution is 2.26. The van der Waals surface area contributed by atoms with E-state index in [1.165, 1.54) is 19.3 Å². The molecule has 0 saturated heterocycles. The fourth-order valence-electron chi connectivity index (χ4n) is 2.27. The summed E-state index contributed by atoms with van der Waals surface area (Å²) in [5, 5.41) is 0. The number of alkyl halides is 1. The van der Waals surface area contributed by atoms with Gasteiger partial charge in [0.1, 0.15) is 0 Å². The van der Waals surface area contributed by atoms with Crippen LogP contribution in [0.25, 0.3) is 0 Å². The highest BCUT2D eigenvalue weighted by atomic mass is 35.5. The van der Waals surface area contributed by atoms with E-state index in [9.17, 15) is 0 Å². The summed E-state index contributed by atoms with van der Waals surface area (Å²) < 4.78 is 5.17. The topological polar surface area (TPSA) is 25.4 Å². The van der Waals surface area contributed by atoms with Gasteiger partial charge >= 0.3 is 0 Å². The summed E-state index contributed by atoms with van der Waals surface area (Å²) in [5.41, 5.74) is 1.08. The Labute approximate surface area is 114 Å². The molecular formula is C14H21ClN2O. The summed E-state index contributed by atoms with van der Waals surface area (Å²) in [4.78, 5) is 6.99. The molecule has 1 fully saturated rings. The van der Waals surface area contributed by atoms with E-state index in [2.05, 4.69) is 16.0 Å². The van der Waals surface area contributed by atoms with Crippen molar-refractivity contribution in [2.24, 2.45) is 0 Å². The summed E-state index contributed by atoms with van der Waals surface area (Å²) in [6.45, 7) is 1.96. The third kappa shape index (κ3) is 3.59. The maximum atomic E-state index is 5.80. The molecule has 18 heavy (non-hydrogen) atoms. The van der Waals surface area contributed by atoms with Crippen LogP contribution in [0.3, 0.4) is 0 Å². The Kier molecular flexibility index (Phi) is 5.26. The minimum absolute atomic E-state index is 0.693. The first kappa shape index (κ1) is 13.6. The fraction of sp³-hybridized carbons (Fsp3) is 0.643. The van der Waals surface area contributed by atoms with Crippen LogP contribution in [-0.4, -0.2) is 35.5 Å². The Morgan fingerprint density at radius 3 is 2.89 bits per heavy atom. The van der Waals surface area contributed by atoms with E-state index < -0.39 is 0 Å². The van der Waals surface area contributed by atoms with Gasteiger partial charge in [0, 0.05) is 24.5 Å². The van der Waals surface area contributed by atoms with Gasteiger partial charge in [0.05, 0.1) is 12.8 Å². The maximum absolute atomic E-state index is 5.80. The normalized spacial score (nSPS) is 15.7. The van der Waals surface area contributed by atoms with E-state index in [4.69, 9.17) is 16.3 Å². The molecule has 0 radical (unpaired) electrons. The van der Waals surface area contributed by atoms with Gasteiger partial charge in [-0.05, 0) is 31.9 Å². The van der Waals surface area contributed by atoms with Crippen molar-refractivity contribution in [3.63, 3.8) is 0 Å². The lowest BCUT2D eigenvalue weighted by atomic mass is 9.91. The highest BCUT2D eigenvalue weighted by Gasteiger charge is 2.24. The first-order chi connectivity index (χ1) is 8.83. The molecule has 2 rings (SSSR count). The first-order valence-electron chi connectivity index (χ1n) is 6.63. The SMILES string of the molecule is COc1cccc(CN(CCCCl)C2CCC2)n1. The second-order valence-corrected chi connectivity index (χ2v) is 5.15. The smallest absolute Gasteiger partial charge is 0.213 e. The van der Waals surface area contributed by atoms with Crippen molar-refractivity contribution in [3.8, 4) is 5.88 Å². The van der Waals surface area contributed by atoms with Gasteiger partial charge in [0.2, 0.25) is 5.88 Å². The second kappa shape index (κ2) is 6.95.